The number of hydrogen-bond donors (Lipinski definition) is 1. The Hall–Kier alpha value is -1.11. The Morgan fingerprint density at radius 2 is 1.92 bits per heavy atom. The molecule has 2 N–H and O–H groups in total. The molecule has 1 aromatic carbocycles. The molecule has 0 amide bonds. The van der Waals surface area contributed by atoms with Crippen molar-refractivity contribution < 1.29 is 0 Å². The van der Waals surface area contributed by atoms with Gasteiger partial charge in [0.1, 0.15) is 12.7 Å². The van der Waals surface area contributed by atoms with E-state index in [0.29, 0.717) is 0 Å². The van der Waals surface area contributed by atoms with Gasteiger partial charge in [-0.15, -0.1) is 10.2 Å². The molecule has 1 aromatic heterocycles. The molecule has 0 aliphatic carbocycles. The lowest BCUT2D eigenvalue weighted by Gasteiger charge is -2.03. The van der Waals surface area contributed by atoms with Gasteiger partial charge in [-0.2, -0.15) is 0 Å². The van der Waals surface area contributed by atoms with Crippen LogP contribution in [0.3, 0.4) is 0 Å². The average Bonchev–Trinajstić information content (AvgIpc) is 2.62. The van der Waals surface area contributed by atoms with Crippen molar-refractivity contribution >= 4 is 28.3 Å². The van der Waals surface area contributed by atoms with E-state index in [2.05, 4.69) is 32.8 Å². The van der Waals surface area contributed by atoms with Crippen LogP contribution in [0.4, 0.5) is 5.69 Å². The highest BCUT2D eigenvalue weighted by atomic mass is 127. The number of nitrogens with zero attached hydrogens (tertiary/aromatic N) is 3. The predicted octanol–water partition coefficient (Wildman–Crippen LogP) is 1.45. The second-order valence-corrected chi connectivity index (χ2v) is 3.74. The lowest BCUT2D eigenvalue weighted by Crippen LogP contribution is -1.94. The van der Waals surface area contributed by atoms with Gasteiger partial charge in [0.25, 0.3) is 0 Å². The first-order valence-electron chi connectivity index (χ1n) is 3.67. The van der Waals surface area contributed by atoms with Crippen molar-refractivity contribution in [2.45, 2.75) is 0 Å². The van der Waals surface area contributed by atoms with Crippen molar-refractivity contribution in [3.63, 3.8) is 0 Å². The monoisotopic (exact) mass is 286 g/mol. The second-order valence-electron chi connectivity index (χ2n) is 2.57. The summed E-state index contributed by atoms with van der Waals surface area (Å²) in [6, 6.07) is 5.79. The number of anilines is 1. The SMILES string of the molecule is Nc1ccc(-n2cnnc2)cc1I. The summed E-state index contributed by atoms with van der Waals surface area (Å²) in [6.45, 7) is 0. The second kappa shape index (κ2) is 3.33. The Morgan fingerprint density at radius 1 is 1.23 bits per heavy atom. The van der Waals surface area contributed by atoms with Crippen LogP contribution >= 0.6 is 22.6 Å². The number of nitrogens with two attached hydrogens (primary N) is 1. The highest BCUT2D eigenvalue weighted by Crippen LogP contribution is 2.18. The number of benzene rings is 1. The van der Waals surface area contributed by atoms with Gasteiger partial charge in [-0.05, 0) is 40.8 Å². The molecule has 0 atom stereocenters. The third-order valence-corrected chi connectivity index (χ3v) is 2.64. The van der Waals surface area contributed by atoms with Crippen molar-refractivity contribution in [2.24, 2.45) is 0 Å². The van der Waals surface area contributed by atoms with E-state index in [9.17, 15) is 0 Å². The summed E-state index contributed by atoms with van der Waals surface area (Å²) >= 11 is 2.20. The van der Waals surface area contributed by atoms with E-state index in [4.69, 9.17) is 5.73 Å². The van der Waals surface area contributed by atoms with E-state index in [0.717, 1.165) is 14.9 Å². The molecule has 0 saturated heterocycles. The van der Waals surface area contributed by atoms with E-state index in [1.807, 2.05) is 22.8 Å². The van der Waals surface area contributed by atoms with Crippen LogP contribution in [-0.2, 0) is 0 Å². The first-order chi connectivity index (χ1) is 6.27. The minimum Gasteiger partial charge on any atom is -0.398 e. The number of rotatable bonds is 1. The van der Waals surface area contributed by atoms with Gasteiger partial charge in [-0.25, -0.2) is 0 Å². The summed E-state index contributed by atoms with van der Waals surface area (Å²) in [5, 5.41) is 7.46. The summed E-state index contributed by atoms with van der Waals surface area (Å²) in [7, 11) is 0. The van der Waals surface area contributed by atoms with E-state index >= 15 is 0 Å². The largest absolute Gasteiger partial charge is 0.398 e. The van der Waals surface area contributed by atoms with Gasteiger partial charge >= 0.3 is 0 Å². The van der Waals surface area contributed by atoms with Crippen LogP contribution in [0.1, 0.15) is 0 Å². The molecule has 0 spiro atoms. The van der Waals surface area contributed by atoms with Gasteiger partial charge in [-0.3, -0.25) is 4.57 Å². The Balaban J connectivity index is 2.49. The highest BCUT2D eigenvalue weighted by molar-refractivity contribution is 14.1. The molecule has 5 heteroatoms. The topological polar surface area (TPSA) is 56.7 Å². The van der Waals surface area contributed by atoms with Crippen molar-refractivity contribution in [3.05, 3.63) is 34.4 Å². The fraction of sp³-hybridized carbons (Fsp3) is 0. The number of hydrogen-bond acceptors (Lipinski definition) is 3. The molecule has 0 aliphatic heterocycles. The third-order valence-electron chi connectivity index (χ3n) is 1.70. The maximum Gasteiger partial charge on any atom is 0.123 e. The molecule has 2 rings (SSSR count). The van der Waals surface area contributed by atoms with Crippen LogP contribution in [-0.4, -0.2) is 14.8 Å². The summed E-state index contributed by atoms with van der Waals surface area (Å²) in [4.78, 5) is 0. The van der Waals surface area contributed by atoms with Gasteiger partial charge in [0.15, 0.2) is 0 Å². The van der Waals surface area contributed by atoms with Crippen molar-refractivity contribution in [2.75, 3.05) is 5.73 Å². The van der Waals surface area contributed by atoms with Crippen molar-refractivity contribution in [3.8, 4) is 5.69 Å². The summed E-state index contributed by atoms with van der Waals surface area (Å²) in [6.07, 6.45) is 3.31. The Morgan fingerprint density at radius 3 is 2.54 bits per heavy atom. The van der Waals surface area contributed by atoms with Gasteiger partial charge in [0.2, 0.25) is 0 Å². The zero-order chi connectivity index (χ0) is 9.26. The summed E-state index contributed by atoms with van der Waals surface area (Å²) in [5.74, 6) is 0. The smallest absolute Gasteiger partial charge is 0.123 e. The van der Waals surface area contributed by atoms with Crippen molar-refractivity contribution in [1.82, 2.24) is 14.8 Å². The standard InChI is InChI=1S/C8H7IN4/c9-7-3-6(1-2-8(7)10)13-4-11-12-5-13/h1-5H,10H2. The quantitative estimate of drug-likeness (QED) is 0.637. The average molecular weight is 286 g/mol. The van der Waals surface area contributed by atoms with E-state index in [1.165, 1.54) is 0 Å². The molecule has 0 saturated carbocycles. The van der Waals surface area contributed by atoms with Gasteiger partial charge < -0.3 is 5.73 Å². The molecule has 0 radical (unpaired) electrons. The number of aromatic nitrogens is 3. The number of nitrogen functional groups attached to an aromatic ring is 1. The zero-order valence-electron chi connectivity index (χ0n) is 6.68. The predicted molar refractivity (Wildman–Crippen MR) is 58.5 cm³/mol. The molecule has 4 nitrogen and oxygen atoms in total. The Kier molecular flexibility index (Phi) is 2.17. The molecular formula is C8H7IN4. The highest BCUT2D eigenvalue weighted by Gasteiger charge is 1.99. The minimum atomic E-state index is 0.789. The van der Waals surface area contributed by atoms with E-state index < -0.39 is 0 Å². The molecule has 0 aliphatic rings. The minimum absolute atomic E-state index is 0.789. The van der Waals surface area contributed by atoms with Crippen LogP contribution in [0.2, 0.25) is 0 Å². The van der Waals surface area contributed by atoms with E-state index in [-0.39, 0.29) is 0 Å². The third kappa shape index (κ3) is 1.64. The first kappa shape index (κ1) is 8.49. The van der Waals surface area contributed by atoms with Crippen LogP contribution in [0, 0.1) is 3.57 Å². The lowest BCUT2D eigenvalue weighted by molar-refractivity contribution is 1.05. The fourth-order valence-corrected chi connectivity index (χ4v) is 1.51. The molecule has 0 bridgehead atoms. The molecule has 0 fully saturated rings. The molecule has 13 heavy (non-hydrogen) atoms. The molecule has 0 unspecified atom stereocenters. The Labute approximate surface area is 88.9 Å². The van der Waals surface area contributed by atoms with Crippen LogP contribution in [0.5, 0.6) is 0 Å². The molecule has 2 aromatic rings. The zero-order valence-corrected chi connectivity index (χ0v) is 8.84. The first-order valence-corrected chi connectivity index (χ1v) is 4.75. The van der Waals surface area contributed by atoms with Crippen LogP contribution < -0.4 is 5.73 Å². The number of halogens is 1. The van der Waals surface area contributed by atoms with E-state index in [1.54, 1.807) is 12.7 Å². The van der Waals surface area contributed by atoms with Gasteiger partial charge in [0.05, 0.1) is 0 Å². The maximum atomic E-state index is 5.69. The summed E-state index contributed by atoms with van der Waals surface area (Å²) < 4.78 is 2.87. The molecule has 66 valence electrons. The maximum absolute atomic E-state index is 5.69. The Bertz CT molecular complexity index is 410. The summed E-state index contributed by atoms with van der Waals surface area (Å²) in [5.41, 5.74) is 7.50. The molecule has 1 heterocycles. The van der Waals surface area contributed by atoms with Crippen LogP contribution in [0.15, 0.2) is 30.9 Å². The fourth-order valence-electron chi connectivity index (χ4n) is 1.01. The lowest BCUT2D eigenvalue weighted by atomic mass is 10.3. The normalized spacial score (nSPS) is 10.2. The van der Waals surface area contributed by atoms with Crippen molar-refractivity contribution in [1.29, 1.82) is 0 Å². The van der Waals surface area contributed by atoms with Gasteiger partial charge in [0, 0.05) is 14.9 Å². The van der Waals surface area contributed by atoms with Gasteiger partial charge in [-0.1, -0.05) is 0 Å². The van der Waals surface area contributed by atoms with Crippen LogP contribution in [0.25, 0.3) is 5.69 Å². The molecular weight excluding hydrogens is 279 g/mol.